The molecule has 1 aromatic heterocycles. The van der Waals surface area contributed by atoms with Crippen molar-refractivity contribution in [3.05, 3.63) is 40.0 Å². The Bertz CT molecular complexity index is 643. The van der Waals surface area contributed by atoms with Crippen LogP contribution in [0.5, 0.6) is 0 Å². The van der Waals surface area contributed by atoms with Gasteiger partial charge in [-0.25, -0.2) is 0 Å². The summed E-state index contributed by atoms with van der Waals surface area (Å²) in [5, 5.41) is 2.47. The van der Waals surface area contributed by atoms with Crippen LogP contribution in [0.15, 0.2) is 24.3 Å². The molecule has 1 fully saturated rings. The topological polar surface area (TPSA) is 12.9 Å². The molecule has 0 radical (unpaired) electrons. The zero-order valence-electron chi connectivity index (χ0n) is 11.9. The van der Waals surface area contributed by atoms with Crippen LogP contribution in [0, 0.1) is 5.92 Å². The third-order valence-corrected chi connectivity index (χ3v) is 5.27. The summed E-state index contributed by atoms with van der Waals surface area (Å²) in [6, 6.07) is 7.76. The van der Waals surface area contributed by atoms with Crippen LogP contribution in [0.3, 0.4) is 0 Å². The fourth-order valence-electron chi connectivity index (χ4n) is 3.12. The summed E-state index contributed by atoms with van der Waals surface area (Å²) in [5.74, 6) is 0.827. The van der Waals surface area contributed by atoms with Gasteiger partial charge in [-0.1, -0.05) is 37.0 Å². The molecule has 1 aliphatic carbocycles. The third-order valence-electron chi connectivity index (χ3n) is 4.72. The van der Waals surface area contributed by atoms with Gasteiger partial charge in [-0.15, -0.1) is 0 Å². The van der Waals surface area contributed by atoms with E-state index in [-0.39, 0.29) is 5.41 Å². The summed E-state index contributed by atoms with van der Waals surface area (Å²) in [6.07, 6.45) is 4.90. The quantitative estimate of drug-likeness (QED) is 0.628. The predicted octanol–water partition coefficient (Wildman–Crippen LogP) is 6.01. The lowest BCUT2D eigenvalue weighted by molar-refractivity contribution is 0.256. The van der Waals surface area contributed by atoms with E-state index in [4.69, 9.17) is 28.2 Å². The fraction of sp³-hybridized carbons (Fsp3) is 0.471. The van der Waals surface area contributed by atoms with Gasteiger partial charge in [0.05, 0.1) is 10.5 Å². The Kier molecular flexibility index (Phi) is 3.68. The second kappa shape index (κ2) is 5.20. The lowest BCUT2D eigenvalue weighted by Gasteiger charge is -2.36. The zero-order valence-corrected chi connectivity index (χ0v) is 13.4. The molecule has 1 saturated carbocycles. The minimum absolute atomic E-state index is 0.145. The van der Waals surface area contributed by atoms with Gasteiger partial charge in [0, 0.05) is 21.5 Å². The molecular formula is C17H19Cl2N. The number of benzene rings is 1. The van der Waals surface area contributed by atoms with Crippen molar-refractivity contribution in [3.8, 4) is 0 Å². The van der Waals surface area contributed by atoms with Gasteiger partial charge in [0.15, 0.2) is 0 Å². The highest BCUT2D eigenvalue weighted by Crippen LogP contribution is 2.42. The van der Waals surface area contributed by atoms with Crippen molar-refractivity contribution in [3.63, 3.8) is 0 Å². The third kappa shape index (κ3) is 2.54. The number of aromatic nitrogens is 1. The predicted molar refractivity (Wildman–Crippen MR) is 86.7 cm³/mol. The first-order chi connectivity index (χ1) is 9.48. The van der Waals surface area contributed by atoms with Crippen molar-refractivity contribution in [1.82, 2.24) is 4.98 Å². The molecule has 0 saturated heterocycles. The Balaban J connectivity index is 2.08. The number of hydrogen-bond acceptors (Lipinski definition) is 1. The van der Waals surface area contributed by atoms with E-state index in [1.807, 2.05) is 24.3 Å². The first-order valence-corrected chi connectivity index (χ1v) is 8.00. The number of rotatable bonds is 1. The van der Waals surface area contributed by atoms with Crippen LogP contribution in [0.4, 0.5) is 0 Å². The van der Waals surface area contributed by atoms with Gasteiger partial charge in [-0.05, 0) is 55.9 Å². The highest BCUT2D eigenvalue weighted by atomic mass is 35.5. The van der Waals surface area contributed by atoms with Crippen molar-refractivity contribution < 1.29 is 0 Å². The minimum Gasteiger partial charge on any atom is -0.252 e. The maximum atomic E-state index is 6.44. The van der Waals surface area contributed by atoms with E-state index in [9.17, 15) is 0 Å². The van der Waals surface area contributed by atoms with Crippen LogP contribution in [-0.4, -0.2) is 4.98 Å². The van der Waals surface area contributed by atoms with Crippen LogP contribution in [0.1, 0.15) is 45.2 Å². The normalized spacial score (nSPS) is 26.9. The number of nitrogens with zero attached hydrogens (tertiary/aromatic N) is 1. The molecule has 2 aromatic rings. The Morgan fingerprint density at radius 1 is 1.15 bits per heavy atom. The van der Waals surface area contributed by atoms with E-state index in [0.717, 1.165) is 27.5 Å². The minimum atomic E-state index is 0.145. The van der Waals surface area contributed by atoms with E-state index in [1.165, 1.54) is 25.7 Å². The molecule has 0 unspecified atom stereocenters. The van der Waals surface area contributed by atoms with E-state index >= 15 is 0 Å². The van der Waals surface area contributed by atoms with Gasteiger partial charge in [0.1, 0.15) is 0 Å². The maximum Gasteiger partial charge on any atom is 0.0735 e. The maximum absolute atomic E-state index is 6.44. The first-order valence-electron chi connectivity index (χ1n) is 7.24. The summed E-state index contributed by atoms with van der Waals surface area (Å²) in [5.41, 5.74) is 2.16. The summed E-state index contributed by atoms with van der Waals surface area (Å²) < 4.78 is 0. The molecule has 1 aliphatic rings. The molecule has 1 heterocycles. The fourth-order valence-corrected chi connectivity index (χ4v) is 3.55. The summed E-state index contributed by atoms with van der Waals surface area (Å²) in [7, 11) is 0. The second-order valence-corrected chi connectivity index (χ2v) is 7.24. The average molecular weight is 308 g/mol. The monoisotopic (exact) mass is 307 g/mol. The smallest absolute Gasteiger partial charge is 0.0735 e. The molecule has 3 heteroatoms. The average Bonchev–Trinajstić information content (AvgIpc) is 2.41. The van der Waals surface area contributed by atoms with E-state index in [2.05, 4.69) is 13.8 Å². The number of hydrogen-bond donors (Lipinski definition) is 0. The van der Waals surface area contributed by atoms with Crippen molar-refractivity contribution in [2.45, 2.75) is 44.9 Å². The highest BCUT2D eigenvalue weighted by Gasteiger charge is 2.33. The van der Waals surface area contributed by atoms with Crippen molar-refractivity contribution in [2.75, 3.05) is 0 Å². The summed E-state index contributed by atoms with van der Waals surface area (Å²) in [6.45, 7) is 4.65. The first kappa shape index (κ1) is 14.2. The van der Waals surface area contributed by atoms with Crippen LogP contribution >= 0.6 is 23.2 Å². The van der Waals surface area contributed by atoms with E-state index in [0.29, 0.717) is 5.02 Å². The van der Waals surface area contributed by atoms with E-state index < -0.39 is 0 Å². The van der Waals surface area contributed by atoms with Gasteiger partial charge >= 0.3 is 0 Å². The SMILES string of the molecule is CC1CCC(C)(c2cc(Cl)c3ccc(Cl)cc3n2)CC1. The summed E-state index contributed by atoms with van der Waals surface area (Å²) in [4.78, 5) is 4.85. The molecule has 0 amide bonds. The Morgan fingerprint density at radius 3 is 2.55 bits per heavy atom. The molecule has 0 N–H and O–H groups in total. The Morgan fingerprint density at radius 2 is 1.85 bits per heavy atom. The highest BCUT2D eigenvalue weighted by molar-refractivity contribution is 6.36. The Hall–Kier alpha value is -0.790. The standard InChI is InChI=1S/C17H19Cl2N/c1-11-5-7-17(2,8-6-11)16-10-14(19)13-4-3-12(18)9-15(13)20-16/h3-4,9-11H,5-8H2,1-2H3. The lowest BCUT2D eigenvalue weighted by atomic mass is 9.70. The lowest BCUT2D eigenvalue weighted by Crippen LogP contribution is -2.29. The molecular weight excluding hydrogens is 289 g/mol. The molecule has 20 heavy (non-hydrogen) atoms. The summed E-state index contributed by atoms with van der Waals surface area (Å²) >= 11 is 12.5. The molecule has 1 aromatic carbocycles. The number of halogens is 2. The van der Waals surface area contributed by atoms with Crippen molar-refractivity contribution >= 4 is 34.1 Å². The van der Waals surface area contributed by atoms with Crippen LogP contribution in [0.2, 0.25) is 10.0 Å². The number of pyridine rings is 1. The molecule has 0 spiro atoms. The molecule has 3 rings (SSSR count). The van der Waals surface area contributed by atoms with Crippen LogP contribution in [-0.2, 0) is 5.41 Å². The molecule has 1 nitrogen and oxygen atoms in total. The van der Waals surface area contributed by atoms with Crippen molar-refractivity contribution in [1.29, 1.82) is 0 Å². The second-order valence-electron chi connectivity index (χ2n) is 6.39. The van der Waals surface area contributed by atoms with Gasteiger partial charge in [-0.2, -0.15) is 0 Å². The largest absolute Gasteiger partial charge is 0.252 e. The van der Waals surface area contributed by atoms with Gasteiger partial charge in [0.25, 0.3) is 0 Å². The van der Waals surface area contributed by atoms with Gasteiger partial charge < -0.3 is 0 Å². The Labute approximate surface area is 130 Å². The van der Waals surface area contributed by atoms with Gasteiger partial charge in [-0.3, -0.25) is 4.98 Å². The van der Waals surface area contributed by atoms with Crippen LogP contribution in [0.25, 0.3) is 10.9 Å². The van der Waals surface area contributed by atoms with E-state index in [1.54, 1.807) is 0 Å². The molecule has 0 aliphatic heterocycles. The number of fused-ring (bicyclic) bond motifs is 1. The molecule has 0 atom stereocenters. The van der Waals surface area contributed by atoms with Crippen LogP contribution < -0.4 is 0 Å². The molecule has 0 bridgehead atoms. The van der Waals surface area contributed by atoms with Crippen molar-refractivity contribution in [2.24, 2.45) is 5.92 Å². The molecule has 106 valence electrons. The van der Waals surface area contributed by atoms with Gasteiger partial charge in [0.2, 0.25) is 0 Å². The zero-order chi connectivity index (χ0) is 14.3.